The summed E-state index contributed by atoms with van der Waals surface area (Å²) in [6, 6.07) is 19.6. The Kier molecular flexibility index (Phi) is 8.38. The maximum Gasteiger partial charge on any atom is 0.334 e. The monoisotopic (exact) mass is 384 g/mol. The van der Waals surface area contributed by atoms with E-state index >= 15 is 0 Å². The van der Waals surface area contributed by atoms with Crippen LogP contribution in [-0.2, 0) is 24.2 Å². The summed E-state index contributed by atoms with van der Waals surface area (Å²) < 4.78 is 21.3. The molecule has 2 aromatic carbocycles. The lowest BCUT2D eigenvalue weighted by Gasteiger charge is -2.35. The first-order valence-electron chi connectivity index (χ1n) is 9.04. The Morgan fingerprint density at radius 2 is 1.52 bits per heavy atom. The number of unbranched alkanes of at least 4 members (excludes halogenated alkanes) is 2. The molecule has 0 atom stereocenters. The summed E-state index contributed by atoms with van der Waals surface area (Å²) in [7, 11) is -0.290. The summed E-state index contributed by atoms with van der Waals surface area (Å²) >= 11 is 0. The first-order chi connectivity index (χ1) is 13.1. The van der Waals surface area contributed by atoms with Crippen LogP contribution in [0.25, 0.3) is 0 Å². The Morgan fingerprint density at radius 1 is 0.963 bits per heavy atom. The fraction of sp³-hybridized carbons (Fsp3) is 0.318. The van der Waals surface area contributed by atoms with Crippen LogP contribution in [0, 0.1) is 0 Å². The van der Waals surface area contributed by atoms with Gasteiger partial charge in [-0.3, -0.25) is 4.52 Å². The minimum absolute atomic E-state index is 0.290. The van der Waals surface area contributed by atoms with Crippen molar-refractivity contribution in [1.82, 2.24) is 0 Å². The van der Waals surface area contributed by atoms with E-state index in [4.69, 9.17) is 9.26 Å². The molecule has 0 aromatic heterocycles. The minimum atomic E-state index is -0.879. The average Bonchev–Trinajstić information content (AvgIpc) is 2.70. The van der Waals surface area contributed by atoms with Crippen LogP contribution in [0.2, 0.25) is 0 Å². The van der Waals surface area contributed by atoms with E-state index in [0.29, 0.717) is 18.6 Å². The lowest BCUT2D eigenvalue weighted by atomic mass is 9.81. The molecule has 142 valence electrons. The van der Waals surface area contributed by atoms with Crippen molar-refractivity contribution in [2.75, 3.05) is 6.61 Å². The number of carbonyl (C=O) groups excluding carboxylic acids is 1. The Balaban J connectivity index is 2.35. The third-order valence-corrected chi connectivity index (χ3v) is 4.70. The van der Waals surface area contributed by atoms with Gasteiger partial charge in [-0.15, -0.1) is 0 Å². The Hall–Kier alpha value is -2.29. The summed E-state index contributed by atoms with van der Waals surface area (Å²) in [5.41, 5.74) is 1.35. The van der Waals surface area contributed by atoms with E-state index in [1.54, 1.807) is 6.92 Å². The summed E-state index contributed by atoms with van der Waals surface area (Å²) in [5, 5.41) is 0. The molecule has 0 aliphatic carbocycles. The van der Waals surface area contributed by atoms with E-state index in [1.807, 2.05) is 60.7 Å². The second-order valence-corrected chi connectivity index (χ2v) is 6.85. The number of hydrogen-bond donors (Lipinski definition) is 0. The van der Waals surface area contributed by atoms with Gasteiger partial charge in [0.05, 0.1) is 6.61 Å². The highest BCUT2D eigenvalue weighted by Gasteiger charge is 2.38. The molecule has 0 aliphatic rings. The zero-order chi connectivity index (χ0) is 19.5. The average molecular weight is 384 g/mol. The van der Waals surface area contributed by atoms with Gasteiger partial charge in [-0.1, -0.05) is 73.7 Å². The Morgan fingerprint density at radius 3 is 2.00 bits per heavy atom. The van der Waals surface area contributed by atoms with Gasteiger partial charge in [-0.25, -0.2) is 9.36 Å². The highest BCUT2D eigenvalue weighted by molar-refractivity contribution is 7.17. The molecule has 0 amide bonds. The number of benzene rings is 2. The highest BCUT2D eigenvalue weighted by atomic mass is 31.1. The number of rotatable bonds is 11. The normalized spacial score (nSPS) is 11.3. The zero-order valence-corrected chi connectivity index (χ0v) is 16.5. The number of esters is 1. The highest BCUT2D eigenvalue weighted by Crippen LogP contribution is 2.39. The topological polar surface area (TPSA) is 52.6 Å². The summed E-state index contributed by atoms with van der Waals surface area (Å²) in [6.45, 7) is 5.84. The van der Waals surface area contributed by atoms with Crippen LogP contribution in [0.1, 0.15) is 43.7 Å². The molecule has 0 heterocycles. The summed E-state index contributed by atoms with van der Waals surface area (Å²) in [5.74, 6) is -0.406. The molecule has 0 unspecified atom stereocenters. The zero-order valence-electron chi connectivity index (χ0n) is 15.6. The van der Waals surface area contributed by atoms with Gasteiger partial charge in [0.2, 0.25) is 0 Å². The van der Waals surface area contributed by atoms with Crippen molar-refractivity contribution < 1.29 is 18.6 Å². The van der Waals surface area contributed by atoms with Gasteiger partial charge in [-0.05, 0) is 26.2 Å². The predicted molar refractivity (Wildman–Crippen MR) is 107 cm³/mol. The molecule has 0 fully saturated rings. The van der Waals surface area contributed by atoms with Crippen LogP contribution >= 0.6 is 8.69 Å². The first kappa shape index (κ1) is 21.0. The van der Waals surface area contributed by atoms with E-state index in [0.717, 1.165) is 30.4 Å². The lowest BCUT2D eigenvalue weighted by molar-refractivity contribution is -0.152. The van der Waals surface area contributed by atoms with Crippen LogP contribution in [0.15, 0.2) is 72.8 Å². The lowest BCUT2D eigenvalue weighted by Crippen LogP contribution is -2.34. The predicted octanol–water partition coefficient (Wildman–Crippen LogP) is 5.83. The van der Waals surface area contributed by atoms with Crippen molar-refractivity contribution in [2.24, 2.45) is 0 Å². The van der Waals surface area contributed by atoms with E-state index in [2.05, 4.69) is 6.58 Å². The van der Waals surface area contributed by atoms with Gasteiger partial charge in [0.1, 0.15) is 0 Å². The molecular weight excluding hydrogens is 359 g/mol. The fourth-order valence-corrected chi connectivity index (χ4v) is 3.24. The minimum Gasteiger partial charge on any atom is -0.446 e. The SMILES string of the molecule is C=C(C)C(=O)OC(CCCCCOP=O)(c1ccccc1)c1ccccc1. The largest absolute Gasteiger partial charge is 0.446 e. The van der Waals surface area contributed by atoms with Crippen LogP contribution in [-0.4, -0.2) is 12.6 Å². The first-order valence-corrected chi connectivity index (χ1v) is 9.77. The van der Waals surface area contributed by atoms with E-state index in [9.17, 15) is 9.36 Å². The smallest absolute Gasteiger partial charge is 0.334 e. The number of hydrogen-bond acceptors (Lipinski definition) is 4. The molecule has 2 aromatic rings. The van der Waals surface area contributed by atoms with Crippen molar-refractivity contribution >= 4 is 14.7 Å². The van der Waals surface area contributed by atoms with Crippen molar-refractivity contribution in [1.29, 1.82) is 0 Å². The van der Waals surface area contributed by atoms with E-state index < -0.39 is 11.6 Å². The fourth-order valence-electron chi connectivity index (χ4n) is 3.04. The molecule has 0 bridgehead atoms. The van der Waals surface area contributed by atoms with E-state index in [-0.39, 0.29) is 8.69 Å². The third kappa shape index (κ3) is 5.85. The summed E-state index contributed by atoms with van der Waals surface area (Å²) in [6.07, 6.45) is 3.13. The summed E-state index contributed by atoms with van der Waals surface area (Å²) in [4.78, 5) is 12.5. The molecule has 5 heteroatoms. The van der Waals surface area contributed by atoms with Gasteiger partial charge >= 0.3 is 14.7 Å². The second-order valence-electron chi connectivity index (χ2n) is 6.45. The molecule has 0 radical (unpaired) electrons. The molecule has 0 saturated heterocycles. The molecule has 0 spiro atoms. The van der Waals surface area contributed by atoms with Gasteiger partial charge in [-0.2, -0.15) is 0 Å². The van der Waals surface area contributed by atoms with Crippen LogP contribution in [0.3, 0.4) is 0 Å². The van der Waals surface area contributed by atoms with Crippen LogP contribution in [0.5, 0.6) is 0 Å². The van der Waals surface area contributed by atoms with Gasteiger partial charge in [0.15, 0.2) is 5.60 Å². The molecule has 0 aliphatic heterocycles. The van der Waals surface area contributed by atoms with Crippen LogP contribution < -0.4 is 0 Å². The van der Waals surface area contributed by atoms with Crippen molar-refractivity contribution in [3.8, 4) is 0 Å². The third-order valence-electron chi connectivity index (χ3n) is 4.41. The molecule has 27 heavy (non-hydrogen) atoms. The number of carbonyl (C=O) groups is 1. The van der Waals surface area contributed by atoms with Crippen molar-refractivity contribution in [2.45, 2.75) is 38.2 Å². The van der Waals surface area contributed by atoms with Gasteiger partial charge in [0, 0.05) is 16.7 Å². The van der Waals surface area contributed by atoms with Crippen molar-refractivity contribution in [3.63, 3.8) is 0 Å². The standard InChI is InChI=1S/C22H25O4P/c1-18(2)21(23)26-22(19-12-6-3-7-13-19,20-14-8-4-9-15-20)16-10-5-11-17-25-27-24/h3-4,6-9,12-15H,1,5,10-11,16-17H2,2H3. The quantitative estimate of drug-likeness (QED) is 0.212. The number of ether oxygens (including phenoxy) is 1. The van der Waals surface area contributed by atoms with Crippen molar-refractivity contribution in [3.05, 3.63) is 83.9 Å². The van der Waals surface area contributed by atoms with Crippen LogP contribution in [0.4, 0.5) is 0 Å². The van der Waals surface area contributed by atoms with Gasteiger partial charge < -0.3 is 4.74 Å². The molecule has 0 saturated carbocycles. The van der Waals surface area contributed by atoms with E-state index in [1.165, 1.54) is 0 Å². The molecule has 4 nitrogen and oxygen atoms in total. The second kappa shape index (κ2) is 10.8. The molecule has 0 N–H and O–H groups in total. The Labute approximate surface area is 162 Å². The Bertz CT molecular complexity index is 704. The molecular formula is C22H25O4P. The maximum atomic E-state index is 12.5. The maximum absolute atomic E-state index is 12.5. The van der Waals surface area contributed by atoms with Gasteiger partial charge in [0.25, 0.3) is 0 Å². The molecule has 2 rings (SSSR count).